The van der Waals surface area contributed by atoms with Gasteiger partial charge in [0.05, 0.1) is 17.9 Å². The second-order valence-electron chi connectivity index (χ2n) is 5.43. The summed E-state index contributed by atoms with van der Waals surface area (Å²) in [5.41, 5.74) is 1.43. The molecule has 1 aromatic carbocycles. The summed E-state index contributed by atoms with van der Waals surface area (Å²) in [7, 11) is 0. The zero-order valence-electron chi connectivity index (χ0n) is 13.1. The molecular weight excluding hydrogens is 280 g/mol. The van der Waals surface area contributed by atoms with E-state index >= 15 is 0 Å². The number of hydrogen-bond acceptors (Lipinski definition) is 4. The van der Waals surface area contributed by atoms with Gasteiger partial charge < -0.3 is 9.47 Å². The Labute approximate surface area is 130 Å². The minimum Gasteiger partial charge on any atom is -0.460 e. The van der Waals surface area contributed by atoms with Crippen molar-refractivity contribution in [3.63, 3.8) is 0 Å². The molecule has 0 radical (unpaired) electrons. The topological polar surface area (TPSA) is 53.4 Å². The van der Waals surface area contributed by atoms with Gasteiger partial charge in [-0.05, 0) is 42.7 Å². The predicted octanol–water partition coefficient (Wildman–Crippen LogP) is 3.09. The summed E-state index contributed by atoms with van der Waals surface area (Å²) < 4.78 is 12.3. The third-order valence-electron chi connectivity index (χ3n) is 3.17. The van der Waals surface area contributed by atoms with Gasteiger partial charge in [-0.3, -0.25) is 0 Å². The Morgan fingerprint density at radius 3 is 2.59 bits per heavy atom. The van der Waals surface area contributed by atoms with E-state index in [1.165, 1.54) is 0 Å². The number of hydrogen-bond donors (Lipinski definition) is 0. The molecule has 0 aliphatic rings. The molecule has 22 heavy (non-hydrogen) atoms. The third kappa shape index (κ3) is 5.00. The molecule has 1 heterocycles. The first-order valence-electron chi connectivity index (χ1n) is 7.52. The fourth-order valence-electron chi connectivity index (χ4n) is 1.87. The Morgan fingerprint density at radius 2 is 1.95 bits per heavy atom. The molecule has 0 saturated carbocycles. The van der Waals surface area contributed by atoms with Crippen molar-refractivity contribution in [2.24, 2.45) is 5.92 Å². The first-order valence-corrected chi connectivity index (χ1v) is 7.52. The van der Waals surface area contributed by atoms with E-state index in [4.69, 9.17) is 9.47 Å². The lowest BCUT2D eigenvalue weighted by atomic mass is 10.1. The molecule has 0 atom stereocenters. The molecular formula is C17H22N2O3. The van der Waals surface area contributed by atoms with Crippen LogP contribution in [-0.4, -0.2) is 35.6 Å². The van der Waals surface area contributed by atoms with Crippen LogP contribution in [0.3, 0.4) is 0 Å². The second kappa shape index (κ2) is 8.34. The lowest BCUT2D eigenvalue weighted by Crippen LogP contribution is -2.12. The molecule has 0 N–H and O–H groups in total. The molecule has 0 unspecified atom stereocenters. The van der Waals surface area contributed by atoms with Gasteiger partial charge >= 0.3 is 5.97 Å². The van der Waals surface area contributed by atoms with Crippen molar-refractivity contribution in [3.05, 3.63) is 48.3 Å². The highest BCUT2D eigenvalue weighted by Crippen LogP contribution is 2.09. The van der Waals surface area contributed by atoms with Crippen molar-refractivity contribution < 1.29 is 14.3 Å². The van der Waals surface area contributed by atoms with Crippen molar-refractivity contribution in [1.29, 1.82) is 0 Å². The SMILES string of the molecule is CC(C)CCOCCOC(=O)c1ccc(-n2cccn2)cc1. The zero-order valence-corrected chi connectivity index (χ0v) is 13.1. The highest BCUT2D eigenvalue weighted by Gasteiger charge is 2.07. The van der Waals surface area contributed by atoms with Crippen LogP contribution in [0.4, 0.5) is 0 Å². The summed E-state index contributed by atoms with van der Waals surface area (Å²) in [6.07, 6.45) is 4.58. The van der Waals surface area contributed by atoms with Crippen molar-refractivity contribution in [2.45, 2.75) is 20.3 Å². The van der Waals surface area contributed by atoms with Gasteiger partial charge in [-0.2, -0.15) is 5.10 Å². The molecule has 2 rings (SSSR count). The number of carbonyl (C=O) groups is 1. The van der Waals surface area contributed by atoms with E-state index in [2.05, 4.69) is 18.9 Å². The average Bonchev–Trinajstić information content (AvgIpc) is 3.05. The summed E-state index contributed by atoms with van der Waals surface area (Å²) in [5, 5.41) is 4.14. The van der Waals surface area contributed by atoms with Crippen molar-refractivity contribution >= 4 is 5.97 Å². The van der Waals surface area contributed by atoms with Gasteiger partial charge in [0.2, 0.25) is 0 Å². The van der Waals surface area contributed by atoms with E-state index in [0.717, 1.165) is 12.1 Å². The standard InChI is InChI=1S/C17H22N2O3/c1-14(2)8-11-21-12-13-22-17(20)15-4-6-16(7-5-15)19-10-3-9-18-19/h3-7,9-10,14H,8,11-13H2,1-2H3. The highest BCUT2D eigenvalue weighted by molar-refractivity contribution is 5.89. The summed E-state index contributed by atoms with van der Waals surface area (Å²) in [5.74, 6) is 0.287. The molecule has 0 spiro atoms. The normalized spacial score (nSPS) is 10.9. The van der Waals surface area contributed by atoms with Crippen LogP contribution in [0.1, 0.15) is 30.6 Å². The maximum absolute atomic E-state index is 11.9. The monoisotopic (exact) mass is 302 g/mol. The lowest BCUT2D eigenvalue weighted by Gasteiger charge is -2.08. The molecule has 118 valence electrons. The summed E-state index contributed by atoms with van der Waals surface area (Å²) in [6, 6.07) is 8.99. The fraction of sp³-hybridized carbons (Fsp3) is 0.412. The Kier molecular flexibility index (Phi) is 6.15. The van der Waals surface area contributed by atoms with Crippen LogP contribution in [-0.2, 0) is 9.47 Å². The molecule has 1 aromatic heterocycles. The lowest BCUT2D eigenvalue weighted by molar-refractivity contribution is 0.0303. The molecule has 0 bridgehead atoms. The van der Waals surface area contributed by atoms with Gasteiger partial charge in [0.1, 0.15) is 6.61 Å². The Hall–Kier alpha value is -2.14. The van der Waals surface area contributed by atoms with E-state index in [-0.39, 0.29) is 12.6 Å². The van der Waals surface area contributed by atoms with E-state index in [1.54, 1.807) is 23.0 Å². The van der Waals surface area contributed by atoms with Gasteiger partial charge in [-0.1, -0.05) is 13.8 Å². The Balaban J connectivity index is 1.73. The van der Waals surface area contributed by atoms with Gasteiger partial charge in [0.25, 0.3) is 0 Å². The van der Waals surface area contributed by atoms with E-state index in [1.807, 2.05) is 24.4 Å². The maximum atomic E-state index is 11.9. The maximum Gasteiger partial charge on any atom is 0.338 e. The molecule has 0 fully saturated rings. The summed E-state index contributed by atoms with van der Waals surface area (Å²) in [4.78, 5) is 11.9. The highest BCUT2D eigenvalue weighted by atomic mass is 16.6. The van der Waals surface area contributed by atoms with Crippen LogP contribution >= 0.6 is 0 Å². The minimum atomic E-state index is -0.334. The molecule has 0 saturated heterocycles. The number of esters is 1. The van der Waals surface area contributed by atoms with Crippen molar-refractivity contribution in [3.8, 4) is 5.69 Å². The van der Waals surface area contributed by atoms with E-state index in [0.29, 0.717) is 24.7 Å². The van der Waals surface area contributed by atoms with Gasteiger partial charge in [-0.15, -0.1) is 0 Å². The third-order valence-corrected chi connectivity index (χ3v) is 3.17. The Bertz CT molecular complexity index is 562. The largest absolute Gasteiger partial charge is 0.460 e. The molecule has 0 aliphatic carbocycles. The smallest absolute Gasteiger partial charge is 0.338 e. The van der Waals surface area contributed by atoms with Crippen LogP contribution in [0.15, 0.2) is 42.7 Å². The first kappa shape index (κ1) is 16.2. The van der Waals surface area contributed by atoms with Crippen LogP contribution in [0.25, 0.3) is 5.69 Å². The van der Waals surface area contributed by atoms with Crippen LogP contribution in [0.2, 0.25) is 0 Å². The minimum absolute atomic E-state index is 0.276. The van der Waals surface area contributed by atoms with Gasteiger partial charge in [-0.25, -0.2) is 9.48 Å². The van der Waals surface area contributed by atoms with E-state index in [9.17, 15) is 4.79 Å². The molecule has 5 nitrogen and oxygen atoms in total. The second-order valence-corrected chi connectivity index (χ2v) is 5.43. The number of nitrogens with zero attached hydrogens (tertiary/aromatic N) is 2. The number of benzene rings is 1. The summed E-state index contributed by atoms with van der Waals surface area (Å²) >= 11 is 0. The fourth-order valence-corrected chi connectivity index (χ4v) is 1.87. The van der Waals surface area contributed by atoms with Crippen molar-refractivity contribution in [2.75, 3.05) is 19.8 Å². The van der Waals surface area contributed by atoms with E-state index < -0.39 is 0 Å². The van der Waals surface area contributed by atoms with Gasteiger partial charge in [0.15, 0.2) is 0 Å². The van der Waals surface area contributed by atoms with Crippen molar-refractivity contribution in [1.82, 2.24) is 9.78 Å². The molecule has 5 heteroatoms. The van der Waals surface area contributed by atoms with Crippen LogP contribution in [0, 0.1) is 5.92 Å². The number of carbonyl (C=O) groups excluding carboxylic acids is 1. The molecule has 2 aromatic rings. The van der Waals surface area contributed by atoms with Crippen LogP contribution < -0.4 is 0 Å². The number of aromatic nitrogens is 2. The quantitative estimate of drug-likeness (QED) is 0.555. The molecule has 0 aliphatic heterocycles. The number of ether oxygens (including phenoxy) is 2. The number of rotatable bonds is 8. The predicted molar refractivity (Wildman–Crippen MR) is 84.1 cm³/mol. The summed E-state index contributed by atoms with van der Waals surface area (Å²) in [6.45, 7) is 5.71. The first-order chi connectivity index (χ1) is 10.7. The molecule has 0 amide bonds. The zero-order chi connectivity index (χ0) is 15.8. The Morgan fingerprint density at radius 1 is 1.18 bits per heavy atom. The average molecular weight is 302 g/mol. The van der Waals surface area contributed by atoms with Gasteiger partial charge in [0, 0.05) is 19.0 Å². The van der Waals surface area contributed by atoms with Crippen LogP contribution in [0.5, 0.6) is 0 Å².